The van der Waals surface area contributed by atoms with Crippen molar-refractivity contribution in [3.63, 3.8) is 0 Å². The fourth-order valence-electron chi connectivity index (χ4n) is 2.18. The van der Waals surface area contributed by atoms with Crippen LogP contribution in [0.4, 0.5) is 4.39 Å². The quantitative estimate of drug-likeness (QED) is 0.474. The van der Waals surface area contributed by atoms with Crippen LogP contribution in [0.5, 0.6) is 0 Å². The summed E-state index contributed by atoms with van der Waals surface area (Å²) in [7, 11) is 0. The van der Waals surface area contributed by atoms with Crippen LogP contribution >= 0.6 is 15.9 Å². The van der Waals surface area contributed by atoms with Crippen LogP contribution in [0, 0.1) is 5.82 Å². The molecule has 1 N–H and O–H groups in total. The Morgan fingerprint density at radius 1 is 1.37 bits per heavy atom. The number of hydrogen-bond donors (Lipinski definition) is 1. The third kappa shape index (κ3) is 5.87. The molecule has 19 heavy (non-hydrogen) atoms. The van der Waals surface area contributed by atoms with Crippen LogP contribution in [0.1, 0.15) is 50.6 Å². The third-order valence-corrected chi connectivity index (χ3v) is 3.84. The molecule has 3 heteroatoms. The van der Waals surface area contributed by atoms with E-state index in [1.54, 1.807) is 12.1 Å². The van der Waals surface area contributed by atoms with E-state index in [1.165, 1.54) is 12.8 Å². The van der Waals surface area contributed by atoms with Crippen LogP contribution in [-0.4, -0.2) is 6.54 Å². The molecule has 0 bridgehead atoms. The molecule has 0 aliphatic carbocycles. The van der Waals surface area contributed by atoms with Crippen molar-refractivity contribution in [3.8, 4) is 0 Å². The molecule has 106 valence electrons. The molecule has 1 aromatic carbocycles. The molecule has 1 nitrogen and oxygen atoms in total. The Morgan fingerprint density at radius 2 is 2.16 bits per heavy atom. The molecule has 0 heterocycles. The zero-order valence-corrected chi connectivity index (χ0v) is 13.2. The molecule has 0 spiro atoms. The van der Waals surface area contributed by atoms with E-state index in [9.17, 15) is 4.39 Å². The van der Waals surface area contributed by atoms with Crippen LogP contribution in [-0.2, 0) is 0 Å². The average molecular weight is 328 g/mol. The molecule has 0 aliphatic heterocycles. The summed E-state index contributed by atoms with van der Waals surface area (Å²) in [5.74, 6) is -0.188. The first kappa shape index (κ1) is 16.4. The summed E-state index contributed by atoms with van der Waals surface area (Å²) in [4.78, 5) is 0. The van der Waals surface area contributed by atoms with Crippen LogP contribution in [0.2, 0.25) is 0 Å². The Balaban J connectivity index is 2.55. The highest BCUT2D eigenvalue weighted by atomic mass is 79.9. The van der Waals surface area contributed by atoms with Gasteiger partial charge in [0.1, 0.15) is 5.82 Å². The topological polar surface area (TPSA) is 12.0 Å². The molecule has 0 amide bonds. The second kappa shape index (κ2) is 9.27. The molecule has 0 aromatic heterocycles. The van der Waals surface area contributed by atoms with Gasteiger partial charge in [-0.3, -0.25) is 0 Å². The fourth-order valence-corrected chi connectivity index (χ4v) is 2.42. The minimum atomic E-state index is -0.188. The van der Waals surface area contributed by atoms with Crippen LogP contribution in [0.15, 0.2) is 35.3 Å². The maximum Gasteiger partial charge on any atom is 0.137 e. The van der Waals surface area contributed by atoms with Crippen molar-refractivity contribution in [2.45, 2.75) is 45.1 Å². The van der Waals surface area contributed by atoms with Gasteiger partial charge in [-0.15, -0.1) is 6.58 Å². The third-order valence-electron chi connectivity index (χ3n) is 3.20. The molecule has 0 saturated carbocycles. The Bertz CT molecular complexity index is 392. The maximum atomic E-state index is 13.6. The lowest BCUT2D eigenvalue weighted by Gasteiger charge is -2.18. The van der Waals surface area contributed by atoms with Gasteiger partial charge in [0.05, 0.1) is 4.47 Å². The number of unbranched alkanes of at least 4 members (excludes halogenated alkanes) is 3. The minimum absolute atomic E-state index is 0.188. The van der Waals surface area contributed by atoms with Crippen LogP contribution < -0.4 is 5.32 Å². The van der Waals surface area contributed by atoms with Gasteiger partial charge in [0, 0.05) is 6.04 Å². The number of rotatable bonds is 9. The highest BCUT2D eigenvalue weighted by Crippen LogP contribution is 2.24. The molecule has 0 radical (unpaired) electrons. The van der Waals surface area contributed by atoms with E-state index in [2.05, 4.69) is 34.7 Å². The molecule has 1 aromatic rings. The van der Waals surface area contributed by atoms with Gasteiger partial charge in [-0.05, 0) is 59.4 Å². The smallest absolute Gasteiger partial charge is 0.137 e. The lowest BCUT2D eigenvalue weighted by atomic mass is 10.00. The number of hydrogen-bond acceptors (Lipinski definition) is 1. The zero-order valence-electron chi connectivity index (χ0n) is 11.6. The minimum Gasteiger partial charge on any atom is -0.310 e. The predicted molar refractivity (Wildman–Crippen MR) is 83.8 cm³/mol. The van der Waals surface area contributed by atoms with Crippen LogP contribution in [0.25, 0.3) is 0 Å². The van der Waals surface area contributed by atoms with Gasteiger partial charge >= 0.3 is 0 Å². The van der Waals surface area contributed by atoms with E-state index in [0.29, 0.717) is 4.47 Å². The van der Waals surface area contributed by atoms with E-state index >= 15 is 0 Å². The largest absolute Gasteiger partial charge is 0.310 e. The maximum absolute atomic E-state index is 13.6. The van der Waals surface area contributed by atoms with Crippen LogP contribution in [0.3, 0.4) is 0 Å². The Kier molecular flexibility index (Phi) is 7.99. The van der Waals surface area contributed by atoms with Crippen molar-refractivity contribution in [1.82, 2.24) is 5.32 Å². The van der Waals surface area contributed by atoms with Crippen molar-refractivity contribution in [2.24, 2.45) is 0 Å². The Hall–Kier alpha value is -0.670. The summed E-state index contributed by atoms with van der Waals surface area (Å²) < 4.78 is 14.1. The van der Waals surface area contributed by atoms with E-state index in [1.807, 2.05) is 12.1 Å². The number of nitrogens with one attached hydrogen (secondary N) is 1. The molecular formula is C16H23BrFN. The molecule has 0 fully saturated rings. The first-order chi connectivity index (χ1) is 9.19. The molecule has 1 unspecified atom stereocenters. The lowest BCUT2D eigenvalue weighted by Crippen LogP contribution is -2.21. The van der Waals surface area contributed by atoms with Gasteiger partial charge < -0.3 is 5.32 Å². The first-order valence-electron chi connectivity index (χ1n) is 6.98. The number of halogens is 2. The zero-order chi connectivity index (χ0) is 14.1. The average Bonchev–Trinajstić information content (AvgIpc) is 2.40. The normalized spacial score (nSPS) is 12.4. The Labute approximate surface area is 124 Å². The molecular weight excluding hydrogens is 305 g/mol. The van der Waals surface area contributed by atoms with Gasteiger partial charge in [-0.25, -0.2) is 4.39 Å². The van der Waals surface area contributed by atoms with Gasteiger partial charge in [0.2, 0.25) is 0 Å². The van der Waals surface area contributed by atoms with Crippen molar-refractivity contribution in [2.75, 3.05) is 6.54 Å². The first-order valence-corrected chi connectivity index (χ1v) is 7.77. The standard InChI is InChI=1S/C16H23BrFN/c1-3-5-6-7-8-9-16(19-4-2)13-10-11-14(17)15(18)12-13/h3,10-12,16,19H,1,4-9H2,2H3. The number of benzene rings is 1. The predicted octanol–water partition coefficient (Wildman–Crippen LogP) is 5.38. The van der Waals surface area contributed by atoms with E-state index in [4.69, 9.17) is 0 Å². The van der Waals surface area contributed by atoms with Gasteiger partial charge in [-0.2, -0.15) is 0 Å². The van der Waals surface area contributed by atoms with Gasteiger partial charge in [0.25, 0.3) is 0 Å². The molecule has 1 atom stereocenters. The number of allylic oxidation sites excluding steroid dienone is 1. The summed E-state index contributed by atoms with van der Waals surface area (Å²) in [6, 6.07) is 5.65. The van der Waals surface area contributed by atoms with Crippen molar-refractivity contribution < 1.29 is 4.39 Å². The van der Waals surface area contributed by atoms with Crippen molar-refractivity contribution >= 4 is 15.9 Å². The summed E-state index contributed by atoms with van der Waals surface area (Å²) in [6.07, 6.45) is 7.64. The van der Waals surface area contributed by atoms with Gasteiger partial charge in [-0.1, -0.05) is 31.9 Å². The summed E-state index contributed by atoms with van der Waals surface area (Å²) in [5, 5.41) is 3.43. The van der Waals surface area contributed by atoms with E-state index < -0.39 is 0 Å². The second-order valence-electron chi connectivity index (χ2n) is 4.71. The van der Waals surface area contributed by atoms with E-state index in [-0.39, 0.29) is 11.9 Å². The fraction of sp³-hybridized carbons (Fsp3) is 0.500. The van der Waals surface area contributed by atoms with Gasteiger partial charge in [0.15, 0.2) is 0 Å². The SMILES string of the molecule is C=CCCCCCC(NCC)c1ccc(Br)c(F)c1. The Morgan fingerprint density at radius 3 is 2.79 bits per heavy atom. The van der Waals surface area contributed by atoms with E-state index in [0.717, 1.165) is 31.4 Å². The monoisotopic (exact) mass is 327 g/mol. The van der Waals surface area contributed by atoms with Crippen molar-refractivity contribution in [1.29, 1.82) is 0 Å². The molecule has 0 aliphatic rings. The highest BCUT2D eigenvalue weighted by molar-refractivity contribution is 9.10. The molecule has 0 saturated heterocycles. The highest BCUT2D eigenvalue weighted by Gasteiger charge is 2.11. The van der Waals surface area contributed by atoms with Crippen molar-refractivity contribution in [3.05, 3.63) is 46.7 Å². The summed E-state index contributed by atoms with van der Waals surface area (Å²) in [6.45, 7) is 6.71. The summed E-state index contributed by atoms with van der Waals surface area (Å²) >= 11 is 3.19. The lowest BCUT2D eigenvalue weighted by molar-refractivity contribution is 0.480. The second-order valence-corrected chi connectivity index (χ2v) is 5.56. The summed E-state index contributed by atoms with van der Waals surface area (Å²) in [5.41, 5.74) is 1.03. The molecule has 1 rings (SSSR count).